The van der Waals surface area contributed by atoms with Crippen LogP contribution in [0.25, 0.3) is 11.1 Å². The number of carbonyl (C=O) groups excluding carboxylic acids is 1. The molecule has 1 aliphatic rings. The molecule has 1 N–H and O–H groups in total. The van der Waals surface area contributed by atoms with Crippen molar-refractivity contribution in [2.75, 3.05) is 24.3 Å². The first-order valence-corrected chi connectivity index (χ1v) is 15.6. The van der Waals surface area contributed by atoms with Crippen LogP contribution in [-0.4, -0.2) is 48.7 Å². The third-order valence-electron chi connectivity index (χ3n) is 7.70. The number of carbonyl (C=O) groups is 1. The molecule has 0 radical (unpaired) electrons. The van der Waals surface area contributed by atoms with Gasteiger partial charge in [0.1, 0.15) is 0 Å². The molecule has 0 unspecified atom stereocenters. The number of methoxy groups -OCH3 is 1. The summed E-state index contributed by atoms with van der Waals surface area (Å²) in [7, 11) is -1.67. The molecule has 1 aliphatic heterocycles. The van der Waals surface area contributed by atoms with Crippen molar-refractivity contribution in [2.24, 2.45) is 5.92 Å². The lowest BCUT2D eigenvalue weighted by Crippen LogP contribution is -2.37. The van der Waals surface area contributed by atoms with Crippen molar-refractivity contribution in [1.29, 1.82) is 0 Å². The van der Waals surface area contributed by atoms with E-state index in [1.165, 1.54) is 5.56 Å². The highest BCUT2D eigenvalue weighted by atomic mass is 32.2. The molecule has 2 aromatic heterocycles. The van der Waals surface area contributed by atoms with E-state index in [-0.39, 0.29) is 22.5 Å². The number of hydrogen-bond acceptors (Lipinski definition) is 8. The highest BCUT2D eigenvalue weighted by molar-refractivity contribution is 7.91. The first kappa shape index (κ1) is 29.2. The molecule has 0 spiro atoms. The summed E-state index contributed by atoms with van der Waals surface area (Å²) in [5, 5.41) is 2.96. The van der Waals surface area contributed by atoms with Gasteiger partial charge in [0, 0.05) is 61.3 Å². The van der Waals surface area contributed by atoms with Crippen LogP contribution >= 0.6 is 0 Å². The Hall–Kier alpha value is -4.31. The largest absolute Gasteiger partial charge is 0.481 e. The normalized spacial score (nSPS) is 14.9. The van der Waals surface area contributed by atoms with Crippen LogP contribution in [0.1, 0.15) is 53.7 Å². The number of pyridine rings is 1. The number of nitrogens with zero attached hydrogens (tertiary/aromatic N) is 4. The highest BCUT2D eigenvalue weighted by Crippen LogP contribution is 2.35. The van der Waals surface area contributed by atoms with Crippen LogP contribution in [0.4, 0.5) is 5.95 Å². The molecule has 4 aromatic rings. The minimum Gasteiger partial charge on any atom is -0.481 e. The van der Waals surface area contributed by atoms with E-state index in [2.05, 4.69) is 45.1 Å². The van der Waals surface area contributed by atoms with Gasteiger partial charge in [-0.2, -0.15) is 0 Å². The third kappa shape index (κ3) is 6.28. The van der Waals surface area contributed by atoms with E-state index in [4.69, 9.17) is 4.74 Å². The molecule has 9 nitrogen and oxygen atoms in total. The van der Waals surface area contributed by atoms with Crippen LogP contribution in [0.15, 0.2) is 78.1 Å². The predicted octanol–water partition coefficient (Wildman–Crippen LogP) is 5.03. The van der Waals surface area contributed by atoms with Crippen LogP contribution < -0.4 is 15.0 Å². The van der Waals surface area contributed by atoms with E-state index in [1.54, 1.807) is 44.5 Å². The molecule has 5 rings (SSSR count). The number of benzene rings is 2. The minimum absolute atomic E-state index is 0.0508. The van der Waals surface area contributed by atoms with E-state index < -0.39 is 9.84 Å². The summed E-state index contributed by atoms with van der Waals surface area (Å²) in [6.45, 7) is 7.70. The first-order chi connectivity index (χ1) is 20.2. The van der Waals surface area contributed by atoms with Crippen molar-refractivity contribution in [3.8, 4) is 17.0 Å². The molecule has 0 saturated carbocycles. The van der Waals surface area contributed by atoms with Gasteiger partial charge in [-0.15, -0.1) is 0 Å². The fraction of sp³-hybridized carbons (Fsp3) is 0.312. The zero-order chi connectivity index (χ0) is 29.9. The van der Waals surface area contributed by atoms with Crippen molar-refractivity contribution >= 4 is 21.7 Å². The Morgan fingerprint density at radius 3 is 2.43 bits per heavy atom. The Morgan fingerprint density at radius 2 is 1.76 bits per heavy atom. The van der Waals surface area contributed by atoms with E-state index >= 15 is 0 Å². The van der Waals surface area contributed by atoms with Crippen LogP contribution in [0.3, 0.4) is 0 Å². The summed E-state index contributed by atoms with van der Waals surface area (Å²) in [5.41, 5.74) is 5.52. The van der Waals surface area contributed by atoms with E-state index in [0.29, 0.717) is 36.4 Å². The smallest absolute Gasteiger partial charge is 0.251 e. The number of sulfone groups is 1. The SMILES string of the molecule is CCS(=O)(=O)c1ccc(CNC(=O)c2ccc3c(c2)CN(c2ncc(-c4ccnc(OC)c4)cn2)C[C@H]3C(C)C)cc1. The number of hydrogen-bond donors (Lipinski definition) is 1. The Morgan fingerprint density at radius 1 is 1.02 bits per heavy atom. The van der Waals surface area contributed by atoms with Crippen molar-refractivity contribution < 1.29 is 17.9 Å². The molecule has 0 saturated heterocycles. The van der Waals surface area contributed by atoms with Gasteiger partial charge in [-0.3, -0.25) is 4.79 Å². The fourth-order valence-electron chi connectivity index (χ4n) is 5.17. The Balaban J connectivity index is 1.32. The van der Waals surface area contributed by atoms with Crippen molar-refractivity contribution in [3.05, 3.63) is 95.4 Å². The molecular formula is C32H35N5O4S. The third-order valence-corrected chi connectivity index (χ3v) is 9.45. The van der Waals surface area contributed by atoms with Gasteiger partial charge in [0.25, 0.3) is 5.91 Å². The second-order valence-corrected chi connectivity index (χ2v) is 13.0. The van der Waals surface area contributed by atoms with Gasteiger partial charge >= 0.3 is 0 Å². The molecule has 218 valence electrons. The van der Waals surface area contributed by atoms with Crippen LogP contribution in [-0.2, 0) is 22.9 Å². The molecule has 0 aliphatic carbocycles. The minimum atomic E-state index is -3.26. The Labute approximate surface area is 246 Å². The molecule has 0 fully saturated rings. The molecule has 42 heavy (non-hydrogen) atoms. The number of ether oxygens (including phenoxy) is 1. The molecule has 2 aromatic carbocycles. The second-order valence-electron chi connectivity index (χ2n) is 10.7. The lowest BCUT2D eigenvalue weighted by Gasteiger charge is -2.37. The van der Waals surface area contributed by atoms with Crippen LogP contribution in [0.5, 0.6) is 5.88 Å². The average Bonchev–Trinajstić information content (AvgIpc) is 3.03. The lowest BCUT2D eigenvalue weighted by atomic mass is 9.82. The standard InChI is InChI=1S/C32H35N5O4S/c1-5-42(39,40)27-9-6-22(7-10-27)16-34-31(38)24-8-11-28-25(14-24)19-37(20-29(28)21(2)3)32-35-17-26(18-36-32)23-12-13-33-30(15-23)41-4/h6-15,17-18,21,29H,5,16,19-20H2,1-4H3,(H,34,38)/t29-/m0/s1. The Kier molecular flexibility index (Phi) is 8.54. The van der Waals surface area contributed by atoms with Gasteiger partial charge in [-0.25, -0.2) is 23.4 Å². The Bertz CT molecular complexity index is 1670. The van der Waals surface area contributed by atoms with Gasteiger partial charge < -0.3 is 15.0 Å². The molecular weight excluding hydrogens is 550 g/mol. The molecule has 1 atom stereocenters. The van der Waals surface area contributed by atoms with Crippen LogP contribution in [0, 0.1) is 5.92 Å². The number of aromatic nitrogens is 3. The van der Waals surface area contributed by atoms with Crippen molar-refractivity contribution in [1.82, 2.24) is 20.3 Å². The number of fused-ring (bicyclic) bond motifs is 1. The molecule has 1 amide bonds. The van der Waals surface area contributed by atoms with Crippen LogP contribution in [0.2, 0.25) is 0 Å². The zero-order valence-electron chi connectivity index (χ0n) is 24.2. The first-order valence-electron chi connectivity index (χ1n) is 14.0. The van der Waals surface area contributed by atoms with E-state index in [0.717, 1.165) is 28.8 Å². The summed E-state index contributed by atoms with van der Waals surface area (Å²) in [5.74, 6) is 1.68. The van der Waals surface area contributed by atoms with Gasteiger partial charge in [0.2, 0.25) is 11.8 Å². The van der Waals surface area contributed by atoms with Gasteiger partial charge in [0.15, 0.2) is 9.84 Å². The monoisotopic (exact) mass is 585 g/mol. The zero-order valence-corrected chi connectivity index (χ0v) is 25.1. The average molecular weight is 586 g/mol. The van der Waals surface area contributed by atoms with Gasteiger partial charge in [0.05, 0.1) is 17.8 Å². The van der Waals surface area contributed by atoms with E-state index in [9.17, 15) is 13.2 Å². The summed E-state index contributed by atoms with van der Waals surface area (Å²) in [6.07, 6.45) is 5.32. The van der Waals surface area contributed by atoms with Crippen molar-refractivity contribution in [3.63, 3.8) is 0 Å². The summed E-state index contributed by atoms with van der Waals surface area (Å²) >= 11 is 0. The number of amides is 1. The van der Waals surface area contributed by atoms with Gasteiger partial charge in [-0.1, -0.05) is 39.0 Å². The maximum atomic E-state index is 13.1. The second kappa shape index (κ2) is 12.3. The molecule has 10 heteroatoms. The maximum Gasteiger partial charge on any atom is 0.251 e. The molecule has 3 heterocycles. The summed E-state index contributed by atoms with van der Waals surface area (Å²) in [4.78, 5) is 29.1. The number of anilines is 1. The maximum absolute atomic E-state index is 13.1. The predicted molar refractivity (Wildman–Crippen MR) is 162 cm³/mol. The van der Waals surface area contributed by atoms with E-state index in [1.807, 2.05) is 36.7 Å². The number of rotatable bonds is 9. The summed E-state index contributed by atoms with van der Waals surface area (Å²) in [6, 6.07) is 16.3. The van der Waals surface area contributed by atoms with Gasteiger partial charge in [-0.05, 0) is 58.5 Å². The van der Waals surface area contributed by atoms with Crippen molar-refractivity contribution in [2.45, 2.75) is 44.7 Å². The fourth-order valence-corrected chi connectivity index (χ4v) is 6.06. The highest BCUT2D eigenvalue weighted by Gasteiger charge is 2.29. The quantitative estimate of drug-likeness (QED) is 0.291. The topological polar surface area (TPSA) is 114 Å². The summed E-state index contributed by atoms with van der Waals surface area (Å²) < 4.78 is 29.4. The lowest BCUT2D eigenvalue weighted by molar-refractivity contribution is 0.0950. The molecule has 0 bridgehead atoms. The number of nitrogens with one attached hydrogen (secondary N) is 1.